The van der Waals surface area contributed by atoms with Gasteiger partial charge in [-0.25, -0.2) is 14.4 Å². The van der Waals surface area contributed by atoms with Crippen molar-refractivity contribution in [3.05, 3.63) is 53.3 Å². The van der Waals surface area contributed by atoms with Crippen molar-refractivity contribution in [3.8, 4) is 5.75 Å². The molecule has 0 aromatic heterocycles. The normalized spacial score (nSPS) is 27.9. The molecule has 5 fully saturated rings. The second-order valence-corrected chi connectivity index (χ2v) is 18.6. The number of methoxy groups -OCH3 is 1. The molecule has 5 heterocycles. The van der Waals surface area contributed by atoms with Crippen molar-refractivity contribution in [1.29, 1.82) is 0 Å². The minimum absolute atomic E-state index is 0.0837. The third kappa shape index (κ3) is 8.79. The summed E-state index contributed by atoms with van der Waals surface area (Å²) in [6.07, 6.45) is 6.35. The Kier molecular flexibility index (Phi) is 12.1. The Hall–Kier alpha value is -5.03. The minimum atomic E-state index is -3.56. The molecule has 0 bridgehead atoms. The second-order valence-electron chi connectivity index (χ2n) is 18.6. The van der Waals surface area contributed by atoms with Gasteiger partial charge in [-0.15, -0.1) is 0 Å². The van der Waals surface area contributed by atoms with Crippen LogP contribution < -0.4 is 25.6 Å². The maximum absolute atomic E-state index is 15.4. The first-order valence-electron chi connectivity index (χ1n) is 21.9. The molecule has 4 amide bonds. The summed E-state index contributed by atoms with van der Waals surface area (Å²) in [6, 6.07) is 9.12. The van der Waals surface area contributed by atoms with Crippen LogP contribution in [0, 0.1) is 23.1 Å². The van der Waals surface area contributed by atoms with E-state index in [9.17, 15) is 28.0 Å². The van der Waals surface area contributed by atoms with Gasteiger partial charge in [-0.2, -0.15) is 8.78 Å². The number of carbonyl (C=O) groups is 4. The van der Waals surface area contributed by atoms with Crippen molar-refractivity contribution in [3.63, 3.8) is 0 Å². The molecule has 2 aromatic carbocycles. The zero-order valence-electron chi connectivity index (χ0n) is 36.1. The number of likely N-dealkylation sites (N-methyl/N-ethyl adjacent to an activating group) is 1. The average Bonchev–Trinajstić information content (AvgIpc) is 3.30. The molecule has 4 saturated heterocycles. The van der Waals surface area contributed by atoms with Crippen molar-refractivity contribution in [2.24, 2.45) is 27.2 Å². The van der Waals surface area contributed by atoms with Crippen molar-refractivity contribution >= 4 is 47.2 Å². The summed E-state index contributed by atoms with van der Waals surface area (Å²) in [7, 11) is 2.84. The van der Waals surface area contributed by atoms with E-state index in [0.717, 1.165) is 69.7 Å². The van der Waals surface area contributed by atoms with Crippen LogP contribution in [0.4, 0.5) is 24.5 Å². The number of benzene rings is 2. The number of piperidine rings is 3. The number of alkyl halides is 2. The Morgan fingerprint density at radius 1 is 1.05 bits per heavy atom. The van der Waals surface area contributed by atoms with Gasteiger partial charge in [0.1, 0.15) is 23.8 Å². The number of imide groups is 1. The smallest absolute Gasteiger partial charge is 0.337 e. The molecule has 62 heavy (non-hydrogen) atoms. The van der Waals surface area contributed by atoms with Gasteiger partial charge >= 0.3 is 5.92 Å². The first-order valence-corrected chi connectivity index (χ1v) is 21.9. The standard InChI is InChI=1S/C45H58F3N9O5/c1-26(2)57-25-45(47,48)42(61)54(4)36-22-49-43(53-39(36)57)51-34-9-6-29(19-37(34)62-5)40(59)50-31-20-44(21-31)13-16-55(17-14-44)24-30-12-15-56(23-27(30)3)35-10-7-28(18-33(35)46)32-8-11-38(58)52-41(32)60/h6-7,9-10,18-19,22,26-27,30-32,36,39H,8,11-17,20-21,23-25H2,1-5H3,(H,50,59)(H,51,53)(H,52,58,60). The molecule has 1 aliphatic carbocycles. The maximum Gasteiger partial charge on any atom is 0.337 e. The summed E-state index contributed by atoms with van der Waals surface area (Å²) in [5.74, 6) is -5.04. The molecule has 1 saturated carbocycles. The topological polar surface area (TPSA) is 151 Å². The van der Waals surface area contributed by atoms with E-state index in [2.05, 4.69) is 42.7 Å². The number of aliphatic imine (C=N–C) groups is 2. The Morgan fingerprint density at radius 2 is 1.81 bits per heavy atom. The SMILES string of the molecule is COc1cc(C(=O)NC2CC3(CCN(CC4CCN(c5ccc(C6CCC(=O)NC6=O)cc5F)CC4C)CC3)C2)ccc1NC1=NC2C(C=N1)N(C)C(=O)C(F)(F)CN2C(C)C. The van der Waals surface area contributed by atoms with Gasteiger partial charge in [0.05, 0.1) is 30.9 Å². The summed E-state index contributed by atoms with van der Waals surface area (Å²) in [6.45, 7) is 9.65. The van der Waals surface area contributed by atoms with E-state index < -0.39 is 36.5 Å². The Balaban J connectivity index is 0.795. The Bertz CT molecular complexity index is 2130. The zero-order chi connectivity index (χ0) is 44.1. The number of hydrogen-bond donors (Lipinski definition) is 3. The number of hydrogen-bond acceptors (Lipinski definition) is 11. The monoisotopic (exact) mass is 861 g/mol. The van der Waals surface area contributed by atoms with E-state index in [0.29, 0.717) is 46.5 Å². The Morgan fingerprint density at radius 3 is 2.48 bits per heavy atom. The number of anilines is 2. The molecule has 0 radical (unpaired) electrons. The molecule has 5 aliphatic heterocycles. The number of ether oxygens (including phenoxy) is 1. The highest BCUT2D eigenvalue weighted by Gasteiger charge is 2.52. The number of nitrogens with one attached hydrogen (secondary N) is 3. The number of likely N-dealkylation sites (tertiary alicyclic amines) is 1. The largest absolute Gasteiger partial charge is 0.495 e. The van der Waals surface area contributed by atoms with Gasteiger partial charge in [0, 0.05) is 57.0 Å². The first kappa shape index (κ1) is 43.6. The van der Waals surface area contributed by atoms with E-state index >= 15 is 4.39 Å². The van der Waals surface area contributed by atoms with Gasteiger partial charge in [0.25, 0.3) is 11.8 Å². The minimum Gasteiger partial charge on any atom is -0.495 e. The van der Waals surface area contributed by atoms with E-state index in [4.69, 9.17) is 4.74 Å². The van der Waals surface area contributed by atoms with Crippen LogP contribution in [0.25, 0.3) is 0 Å². The van der Waals surface area contributed by atoms with Gasteiger partial charge in [-0.05, 0) is 119 Å². The first-order chi connectivity index (χ1) is 29.5. The van der Waals surface area contributed by atoms with Gasteiger partial charge in [-0.1, -0.05) is 13.0 Å². The summed E-state index contributed by atoms with van der Waals surface area (Å²) in [5.41, 5.74) is 2.34. The lowest BCUT2D eigenvalue weighted by Gasteiger charge is -2.53. The molecular formula is C45H58F3N9O5. The van der Waals surface area contributed by atoms with Crippen LogP contribution in [0.15, 0.2) is 46.4 Å². The molecule has 6 aliphatic rings. The van der Waals surface area contributed by atoms with Gasteiger partial charge in [0.15, 0.2) is 0 Å². The maximum atomic E-state index is 15.4. The van der Waals surface area contributed by atoms with Crippen LogP contribution in [-0.2, 0) is 14.4 Å². The highest BCUT2D eigenvalue weighted by atomic mass is 19.3. The highest BCUT2D eigenvalue weighted by molar-refractivity contribution is 6.03. The van der Waals surface area contributed by atoms with E-state index in [-0.39, 0.29) is 53.4 Å². The number of nitrogens with zero attached hydrogens (tertiary/aromatic N) is 6. The molecular weight excluding hydrogens is 804 g/mol. The van der Waals surface area contributed by atoms with Crippen molar-refractivity contribution in [2.75, 3.05) is 63.6 Å². The Labute approximate surface area is 360 Å². The lowest BCUT2D eigenvalue weighted by molar-refractivity contribution is -0.155. The van der Waals surface area contributed by atoms with Crippen LogP contribution in [-0.4, -0.2) is 134 Å². The zero-order valence-corrected chi connectivity index (χ0v) is 36.1. The van der Waals surface area contributed by atoms with Crippen molar-refractivity contribution in [1.82, 2.24) is 25.3 Å². The molecule has 3 N–H and O–H groups in total. The lowest BCUT2D eigenvalue weighted by atomic mass is 9.60. The number of fused-ring (bicyclic) bond motifs is 1. The summed E-state index contributed by atoms with van der Waals surface area (Å²) in [5, 5.41) is 8.70. The number of rotatable bonds is 9. The van der Waals surface area contributed by atoms with Gasteiger partial charge in [-0.3, -0.25) is 29.4 Å². The highest BCUT2D eigenvalue weighted by Crippen LogP contribution is 2.49. The molecule has 2 aromatic rings. The summed E-state index contributed by atoms with van der Waals surface area (Å²) < 4.78 is 50.6. The van der Waals surface area contributed by atoms with E-state index in [1.807, 2.05) is 6.07 Å². The summed E-state index contributed by atoms with van der Waals surface area (Å²) in [4.78, 5) is 66.1. The van der Waals surface area contributed by atoms with Crippen LogP contribution in [0.2, 0.25) is 0 Å². The fourth-order valence-electron chi connectivity index (χ4n) is 10.4. The van der Waals surface area contributed by atoms with E-state index in [1.165, 1.54) is 31.3 Å². The number of guanidine groups is 1. The fourth-order valence-corrected chi connectivity index (χ4v) is 10.4. The van der Waals surface area contributed by atoms with Crippen LogP contribution >= 0.6 is 0 Å². The van der Waals surface area contributed by atoms with Gasteiger partial charge < -0.3 is 30.1 Å². The molecule has 14 nitrogen and oxygen atoms in total. The van der Waals surface area contributed by atoms with Crippen molar-refractivity contribution in [2.45, 2.75) is 102 Å². The van der Waals surface area contributed by atoms with Crippen molar-refractivity contribution < 1.29 is 37.1 Å². The molecule has 8 rings (SSSR count). The van der Waals surface area contributed by atoms with Crippen LogP contribution in [0.5, 0.6) is 5.75 Å². The molecule has 334 valence electrons. The lowest BCUT2D eigenvalue weighted by Crippen LogP contribution is -2.55. The fraction of sp³-hybridized carbons (Fsp3) is 0.600. The average molecular weight is 862 g/mol. The third-order valence-electron chi connectivity index (χ3n) is 14.2. The quantitative estimate of drug-likeness (QED) is 0.301. The predicted octanol–water partition coefficient (Wildman–Crippen LogP) is 4.86. The number of carbonyl (C=O) groups excluding carboxylic acids is 4. The van der Waals surface area contributed by atoms with E-state index in [1.54, 1.807) is 38.1 Å². The third-order valence-corrected chi connectivity index (χ3v) is 14.2. The van der Waals surface area contributed by atoms with Crippen LogP contribution in [0.1, 0.15) is 87.6 Å². The number of halogens is 3. The molecule has 17 heteroatoms. The predicted molar refractivity (Wildman–Crippen MR) is 229 cm³/mol. The second kappa shape index (κ2) is 17.3. The molecule has 5 atom stereocenters. The molecule has 1 spiro atoms. The molecule has 5 unspecified atom stereocenters. The summed E-state index contributed by atoms with van der Waals surface area (Å²) >= 11 is 0. The number of amides is 4. The van der Waals surface area contributed by atoms with Gasteiger partial charge in [0.2, 0.25) is 17.8 Å². The van der Waals surface area contributed by atoms with Crippen LogP contribution in [0.3, 0.4) is 0 Å².